The van der Waals surface area contributed by atoms with Crippen LogP contribution >= 0.6 is 0 Å². The second-order valence-electron chi connectivity index (χ2n) is 4.46. The van der Waals surface area contributed by atoms with Crippen LogP contribution in [0.2, 0.25) is 0 Å². The topological polar surface area (TPSA) is 92.9 Å². The van der Waals surface area contributed by atoms with Gasteiger partial charge in [-0.15, -0.1) is 0 Å². The predicted molar refractivity (Wildman–Crippen MR) is 64.1 cm³/mol. The summed E-state index contributed by atoms with van der Waals surface area (Å²) < 4.78 is 0. The number of carbonyl (C=O) groups is 1. The number of rotatable bonds is 5. The fraction of sp³-hybridized carbons (Fsp3) is 0.545. The van der Waals surface area contributed by atoms with E-state index in [1.54, 1.807) is 0 Å². The number of carbonyl (C=O) groups excluding carboxylic acids is 1. The molecule has 1 aromatic rings. The number of hydrogen-bond donors (Lipinski definition) is 3. The molecule has 1 fully saturated rings. The highest BCUT2D eigenvalue weighted by Gasteiger charge is 2.28. The van der Waals surface area contributed by atoms with Gasteiger partial charge in [-0.2, -0.15) is 0 Å². The molecule has 92 valence electrons. The van der Waals surface area contributed by atoms with E-state index in [0.29, 0.717) is 18.3 Å². The van der Waals surface area contributed by atoms with Gasteiger partial charge < -0.3 is 10.7 Å². The van der Waals surface area contributed by atoms with Crippen LogP contribution in [-0.2, 0) is 0 Å². The summed E-state index contributed by atoms with van der Waals surface area (Å²) in [5.41, 5.74) is 2.64. The Labute approximate surface area is 100.0 Å². The van der Waals surface area contributed by atoms with Crippen LogP contribution in [0.4, 0.5) is 5.82 Å². The summed E-state index contributed by atoms with van der Waals surface area (Å²) in [7, 11) is 0. The fourth-order valence-electron chi connectivity index (χ4n) is 1.72. The zero-order valence-electron chi connectivity index (χ0n) is 9.81. The van der Waals surface area contributed by atoms with Crippen molar-refractivity contribution in [1.82, 2.24) is 15.3 Å². The molecule has 1 aromatic heterocycles. The molecule has 1 aliphatic rings. The van der Waals surface area contributed by atoms with Crippen molar-refractivity contribution in [2.45, 2.75) is 19.8 Å². The van der Waals surface area contributed by atoms with E-state index in [0.717, 1.165) is 5.92 Å². The molecule has 1 saturated carbocycles. The lowest BCUT2D eigenvalue weighted by Crippen LogP contribution is -2.30. The van der Waals surface area contributed by atoms with Gasteiger partial charge in [-0.25, -0.2) is 10.8 Å². The van der Waals surface area contributed by atoms with Crippen molar-refractivity contribution in [3.8, 4) is 0 Å². The van der Waals surface area contributed by atoms with Crippen LogP contribution in [-0.4, -0.2) is 22.4 Å². The molecule has 6 heteroatoms. The Hall–Kier alpha value is -1.69. The predicted octanol–water partition coefficient (Wildman–Crippen LogP) is 0.538. The summed E-state index contributed by atoms with van der Waals surface area (Å²) in [5.74, 6) is 6.69. The number of nitrogens with two attached hydrogens (primary N) is 1. The molecule has 1 aliphatic carbocycles. The average molecular weight is 235 g/mol. The van der Waals surface area contributed by atoms with Crippen LogP contribution in [0, 0.1) is 11.8 Å². The second-order valence-corrected chi connectivity index (χ2v) is 4.46. The SMILES string of the molecule is CC(CNC(=O)c1cncc(NN)n1)C1CC1. The van der Waals surface area contributed by atoms with Gasteiger partial charge in [0.1, 0.15) is 5.69 Å². The summed E-state index contributed by atoms with van der Waals surface area (Å²) in [6.45, 7) is 2.84. The van der Waals surface area contributed by atoms with E-state index in [2.05, 4.69) is 27.6 Å². The first-order valence-corrected chi connectivity index (χ1v) is 5.77. The maximum Gasteiger partial charge on any atom is 0.271 e. The van der Waals surface area contributed by atoms with Crippen molar-refractivity contribution >= 4 is 11.7 Å². The molecule has 0 spiro atoms. The Morgan fingerprint density at radius 3 is 3.00 bits per heavy atom. The molecule has 0 aliphatic heterocycles. The van der Waals surface area contributed by atoms with Gasteiger partial charge in [0.25, 0.3) is 5.91 Å². The highest BCUT2D eigenvalue weighted by molar-refractivity contribution is 5.92. The van der Waals surface area contributed by atoms with E-state index in [9.17, 15) is 4.79 Å². The fourth-order valence-corrected chi connectivity index (χ4v) is 1.72. The summed E-state index contributed by atoms with van der Waals surface area (Å²) in [6, 6.07) is 0. The van der Waals surface area contributed by atoms with Crippen LogP contribution in [0.1, 0.15) is 30.3 Å². The average Bonchev–Trinajstić information content (AvgIpc) is 3.19. The van der Waals surface area contributed by atoms with Crippen molar-refractivity contribution in [1.29, 1.82) is 0 Å². The Balaban J connectivity index is 1.89. The van der Waals surface area contributed by atoms with E-state index >= 15 is 0 Å². The lowest BCUT2D eigenvalue weighted by Gasteiger charge is -2.11. The lowest BCUT2D eigenvalue weighted by molar-refractivity contribution is 0.0941. The normalized spacial score (nSPS) is 16.4. The number of amides is 1. The quantitative estimate of drug-likeness (QED) is 0.511. The van der Waals surface area contributed by atoms with Crippen molar-refractivity contribution < 1.29 is 4.79 Å². The number of anilines is 1. The number of hydrazine groups is 1. The molecule has 1 unspecified atom stereocenters. The smallest absolute Gasteiger partial charge is 0.271 e. The number of nitrogens with zero attached hydrogens (tertiary/aromatic N) is 2. The molecule has 1 heterocycles. The van der Waals surface area contributed by atoms with Crippen LogP contribution in [0.5, 0.6) is 0 Å². The van der Waals surface area contributed by atoms with Crippen molar-refractivity contribution in [2.24, 2.45) is 17.7 Å². The zero-order valence-corrected chi connectivity index (χ0v) is 9.81. The first-order valence-electron chi connectivity index (χ1n) is 5.77. The van der Waals surface area contributed by atoms with Gasteiger partial charge in [-0.1, -0.05) is 6.92 Å². The van der Waals surface area contributed by atoms with Gasteiger partial charge in [0.15, 0.2) is 5.82 Å². The minimum absolute atomic E-state index is 0.206. The minimum Gasteiger partial charge on any atom is -0.350 e. The Morgan fingerprint density at radius 2 is 2.35 bits per heavy atom. The van der Waals surface area contributed by atoms with Crippen LogP contribution in [0.3, 0.4) is 0 Å². The number of aromatic nitrogens is 2. The second kappa shape index (κ2) is 5.09. The van der Waals surface area contributed by atoms with Gasteiger partial charge in [0.2, 0.25) is 0 Å². The third-order valence-electron chi connectivity index (χ3n) is 3.03. The highest BCUT2D eigenvalue weighted by Crippen LogP contribution is 2.36. The largest absolute Gasteiger partial charge is 0.350 e. The molecule has 0 aromatic carbocycles. The number of hydrogen-bond acceptors (Lipinski definition) is 5. The van der Waals surface area contributed by atoms with Crippen molar-refractivity contribution in [3.05, 3.63) is 18.1 Å². The van der Waals surface area contributed by atoms with E-state index < -0.39 is 0 Å². The molecule has 0 saturated heterocycles. The first kappa shape index (κ1) is 11.8. The van der Waals surface area contributed by atoms with Crippen molar-refractivity contribution in [2.75, 3.05) is 12.0 Å². The molecule has 2 rings (SSSR count). The van der Waals surface area contributed by atoms with Gasteiger partial charge in [0.05, 0.1) is 12.4 Å². The summed E-state index contributed by atoms with van der Waals surface area (Å²) in [6.07, 6.45) is 5.45. The van der Waals surface area contributed by atoms with Crippen molar-refractivity contribution in [3.63, 3.8) is 0 Å². The van der Waals surface area contributed by atoms with Gasteiger partial charge >= 0.3 is 0 Å². The van der Waals surface area contributed by atoms with E-state index in [4.69, 9.17) is 5.84 Å². The summed E-state index contributed by atoms with van der Waals surface area (Å²) >= 11 is 0. The molecular formula is C11H17N5O. The molecule has 1 amide bonds. The molecule has 4 N–H and O–H groups in total. The zero-order chi connectivity index (χ0) is 12.3. The maximum absolute atomic E-state index is 11.8. The minimum atomic E-state index is -0.206. The van der Waals surface area contributed by atoms with Gasteiger partial charge in [-0.3, -0.25) is 9.78 Å². The van der Waals surface area contributed by atoms with Crippen LogP contribution < -0.4 is 16.6 Å². The van der Waals surface area contributed by atoms with E-state index in [-0.39, 0.29) is 11.6 Å². The molecule has 0 radical (unpaired) electrons. The summed E-state index contributed by atoms with van der Waals surface area (Å²) in [5, 5.41) is 2.86. The Kier molecular flexibility index (Phi) is 3.53. The van der Waals surface area contributed by atoms with E-state index in [1.165, 1.54) is 25.2 Å². The molecule has 17 heavy (non-hydrogen) atoms. The standard InChI is InChI=1S/C11H17N5O/c1-7(8-2-3-8)4-14-11(17)9-5-13-6-10(15-9)16-12/h5-8H,2-4,12H2,1H3,(H,14,17)(H,15,16). The van der Waals surface area contributed by atoms with Gasteiger partial charge in [-0.05, 0) is 24.7 Å². The third-order valence-corrected chi connectivity index (χ3v) is 3.03. The molecule has 1 atom stereocenters. The lowest BCUT2D eigenvalue weighted by atomic mass is 10.1. The van der Waals surface area contributed by atoms with Gasteiger partial charge in [0, 0.05) is 6.54 Å². The molecular weight excluding hydrogens is 218 g/mol. The van der Waals surface area contributed by atoms with Crippen LogP contribution in [0.25, 0.3) is 0 Å². The third kappa shape index (κ3) is 3.13. The Morgan fingerprint density at radius 1 is 1.59 bits per heavy atom. The molecule has 0 bridgehead atoms. The maximum atomic E-state index is 11.8. The van der Waals surface area contributed by atoms with E-state index in [1.807, 2.05) is 0 Å². The highest BCUT2D eigenvalue weighted by atomic mass is 16.1. The summed E-state index contributed by atoms with van der Waals surface area (Å²) in [4.78, 5) is 19.7. The number of nitrogens with one attached hydrogen (secondary N) is 2. The molecule has 6 nitrogen and oxygen atoms in total. The van der Waals surface area contributed by atoms with Crippen LogP contribution in [0.15, 0.2) is 12.4 Å². The number of nitrogen functional groups attached to an aromatic ring is 1. The Bertz CT molecular complexity index is 405. The first-order chi connectivity index (χ1) is 8.20. The monoisotopic (exact) mass is 235 g/mol.